The number of pyridine rings is 1. The van der Waals surface area contributed by atoms with Gasteiger partial charge >= 0.3 is 0 Å². The summed E-state index contributed by atoms with van der Waals surface area (Å²) < 4.78 is 24.1. The summed E-state index contributed by atoms with van der Waals surface area (Å²) in [5.74, 6) is 0.476. The molecule has 2 N–H and O–H groups in total. The highest BCUT2D eigenvalue weighted by Gasteiger charge is 2.06. The van der Waals surface area contributed by atoms with E-state index in [0.717, 1.165) is 0 Å². The van der Waals surface area contributed by atoms with Crippen molar-refractivity contribution in [2.75, 3.05) is 12.8 Å². The molecule has 0 fully saturated rings. The molecule has 0 atom stereocenters. The molecule has 0 amide bonds. The fourth-order valence-corrected chi connectivity index (χ4v) is 1.81. The molecule has 4 nitrogen and oxygen atoms in total. The van der Waals surface area contributed by atoms with Gasteiger partial charge < -0.3 is 15.2 Å². The molecule has 6 heteroatoms. The summed E-state index contributed by atoms with van der Waals surface area (Å²) in [6.07, 6.45) is 0. The first-order valence-electron chi connectivity index (χ1n) is 5.03. The minimum atomic E-state index is -0.401. The summed E-state index contributed by atoms with van der Waals surface area (Å²) in [5, 5.41) is 0. The van der Waals surface area contributed by atoms with Crippen molar-refractivity contribution in [1.82, 2.24) is 4.98 Å². The zero-order valence-corrected chi connectivity index (χ0v) is 11.1. The van der Waals surface area contributed by atoms with Crippen LogP contribution in [0.25, 0.3) is 0 Å². The van der Waals surface area contributed by atoms with E-state index < -0.39 is 5.82 Å². The van der Waals surface area contributed by atoms with Crippen molar-refractivity contribution in [3.05, 3.63) is 40.6 Å². The summed E-state index contributed by atoms with van der Waals surface area (Å²) in [5.41, 5.74) is 6.04. The van der Waals surface area contributed by atoms with Crippen LogP contribution in [0, 0.1) is 5.82 Å². The van der Waals surface area contributed by atoms with Crippen molar-refractivity contribution >= 4 is 21.6 Å². The van der Waals surface area contributed by atoms with Crippen LogP contribution in [-0.4, -0.2) is 12.1 Å². The first kappa shape index (κ1) is 12.6. The maximum atomic E-state index is 13.2. The van der Waals surface area contributed by atoms with Crippen LogP contribution in [0.15, 0.2) is 34.8 Å². The molecule has 0 spiro atoms. The van der Waals surface area contributed by atoms with E-state index in [4.69, 9.17) is 15.2 Å². The van der Waals surface area contributed by atoms with Crippen LogP contribution in [0.2, 0.25) is 0 Å². The van der Waals surface area contributed by atoms with E-state index in [-0.39, 0.29) is 11.8 Å². The normalized spacial score (nSPS) is 10.2. The van der Waals surface area contributed by atoms with Crippen LogP contribution in [0.4, 0.5) is 10.1 Å². The number of ether oxygens (including phenoxy) is 2. The molecule has 0 aliphatic heterocycles. The first-order chi connectivity index (χ1) is 8.58. The van der Waals surface area contributed by atoms with E-state index in [1.807, 2.05) is 0 Å². The topological polar surface area (TPSA) is 57.4 Å². The largest absolute Gasteiger partial charge is 0.479 e. The molecule has 0 saturated carbocycles. The third kappa shape index (κ3) is 2.89. The number of nitrogen functional groups attached to an aromatic ring is 1. The highest BCUT2D eigenvalue weighted by Crippen LogP contribution is 2.27. The van der Waals surface area contributed by atoms with Gasteiger partial charge in [-0.05, 0) is 18.2 Å². The number of rotatable bonds is 3. The lowest BCUT2D eigenvalue weighted by Gasteiger charge is -2.08. The molecule has 94 valence electrons. The predicted octanol–water partition coefficient (Wildman–Crippen LogP) is 3.37. The number of halogens is 2. The number of methoxy groups -OCH3 is 1. The molecule has 1 aromatic heterocycles. The Hall–Kier alpha value is -1.82. The standard InChI is InChI=1S/C12H10BrFN2O2/c1-17-12-10(15)2-3-11(16-12)18-9-5-7(13)4-8(14)6-9/h2-6H,15H2,1H3. The molecule has 0 aliphatic rings. The van der Waals surface area contributed by atoms with Crippen LogP contribution in [0.5, 0.6) is 17.5 Å². The van der Waals surface area contributed by atoms with Crippen molar-refractivity contribution in [3.8, 4) is 17.5 Å². The third-order valence-corrected chi connectivity index (χ3v) is 2.57. The summed E-state index contributed by atoms with van der Waals surface area (Å²) in [4.78, 5) is 4.04. The Labute approximate surface area is 112 Å². The van der Waals surface area contributed by atoms with Gasteiger partial charge in [-0.3, -0.25) is 0 Å². The van der Waals surface area contributed by atoms with E-state index in [0.29, 0.717) is 15.9 Å². The van der Waals surface area contributed by atoms with E-state index in [9.17, 15) is 4.39 Å². The molecular formula is C12H10BrFN2O2. The molecule has 2 aromatic rings. The molecule has 2 rings (SSSR count). The van der Waals surface area contributed by atoms with Crippen molar-refractivity contribution in [2.24, 2.45) is 0 Å². The number of aromatic nitrogens is 1. The van der Waals surface area contributed by atoms with Gasteiger partial charge in [-0.25, -0.2) is 4.39 Å². The summed E-state index contributed by atoms with van der Waals surface area (Å²) >= 11 is 3.18. The second-order valence-electron chi connectivity index (χ2n) is 3.46. The number of nitrogens with zero attached hydrogens (tertiary/aromatic N) is 1. The quantitative estimate of drug-likeness (QED) is 0.944. The lowest BCUT2D eigenvalue weighted by Crippen LogP contribution is -1.97. The van der Waals surface area contributed by atoms with Crippen molar-refractivity contribution in [2.45, 2.75) is 0 Å². The summed E-state index contributed by atoms with van der Waals surface area (Å²) in [6.45, 7) is 0. The Kier molecular flexibility index (Phi) is 3.66. The fourth-order valence-electron chi connectivity index (χ4n) is 1.36. The van der Waals surface area contributed by atoms with Gasteiger partial charge in [-0.2, -0.15) is 4.98 Å². The van der Waals surface area contributed by atoms with Crippen molar-refractivity contribution < 1.29 is 13.9 Å². The molecule has 0 bridgehead atoms. The maximum absolute atomic E-state index is 13.2. The zero-order valence-electron chi connectivity index (χ0n) is 9.48. The summed E-state index contributed by atoms with van der Waals surface area (Å²) in [7, 11) is 1.46. The molecule has 1 heterocycles. The zero-order chi connectivity index (χ0) is 13.1. The summed E-state index contributed by atoms with van der Waals surface area (Å²) in [6, 6.07) is 7.42. The smallest absolute Gasteiger partial charge is 0.240 e. The van der Waals surface area contributed by atoms with E-state index in [1.54, 1.807) is 18.2 Å². The molecule has 0 radical (unpaired) electrons. The van der Waals surface area contributed by atoms with Gasteiger partial charge in [0.1, 0.15) is 11.6 Å². The second-order valence-corrected chi connectivity index (χ2v) is 4.37. The van der Waals surface area contributed by atoms with Gasteiger partial charge in [0.2, 0.25) is 11.8 Å². The van der Waals surface area contributed by atoms with Crippen LogP contribution in [-0.2, 0) is 0 Å². The Balaban J connectivity index is 2.28. The van der Waals surface area contributed by atoms with Gasteiger partial charge in [0.05, 0.1) is 12.8 Å². The monoisotopic (exact) mass is 312 g/mol. The highest BCUT2D eigenvalue weighted by atomic mass is 79.9. The molecule has 0 saturated heterocycles. The fraction of sp³-hybridized carbons (Fsp3) is 0.0833. The lowest BCUT2D eigenvalue weighted by molar-refractivity contribution is 0.385. The van der Waals surface area contributed by atoms with Crippen LogP contribution >= 0.6 is 15.9 Å². The average molecular weight is 313 g/mol. The minimum Gasteiger partial charge on any atom is -0.479 e. The number of benzene rings is 1. The lowest BCUT2D eigenvalue weighted by atomic mass is 10.3. The molecule has 1 aromatic carbocycles. The number of hydrogen-bond donors (Lipinski definition) is 1. The average Bonchev–Trinajstić information content (AvgIpc) is 2.30. The number of anilines is 1. The second kappa shape index (κ2) is 5.22. The van der Waals surface area contributed by atoms with Crippen LogP contribution < -0.4 is 15.2 Å². The van der Waals surface area contributed by atoms with Crippen molar-refractivity contribution in [1.29, 1.82) is 0 Å². The number of nitrogens with two attached hydrogens (primary N) is 1. The minimum absolute atomic E-state index is 0.267. The molecular weight excluding hydrogens is 303 g/mol. The van der Waals surface area contributed by atoms with Crippen LogP contribution in [0.1, 0.15) is 0 Å². The molecule has 0 aliphatic carbocycles. The Morgan fingerprint density at radius 2 is 2.06 bits per heavy atom. The Bertz CT molecular complexity index is 558. The van der Waals surface area contributed by atoms with Gasteiger partial charge in [0.15, 0.2) is 0 Å². The third-order valence-electron chi connectivity index (χ3n) is 2.12. The maximum Gasteiger partial charge on any atom is 0.240 e. The predicted molar refractivity (Wildman–Crippen MR) is 69.4 cm³/mol. The Morgan fingerprint density at radius 1 is 1.28 bits per heavy atom. The SMILES string of the molecule is COc1nc(Oc2cc(F)cc(Br)c2)ccc1N. The van der Waals surface area contributed by atoms with Gasteiger partial charge in [-0.15, -0.1) is 0 Å². The van der Waals surface area contributed by atoms with Gasteiger partial charge in [0.25, 0.3) is 0 Å². The van der Waals surface area contributed by atoms with Crippen molar-refractivity contribution in [3.63, 3.8) is 0 Å². The van der Waals surface area contributed by atoms with E-state index >= 15 is 0 Å². The van der Waals surface area contributed by atoms with Crippen LogP contribution in [0.3, 0.4) is 0 Å². The first-order valence-corrected chi connectivity index (χ1v) is 5.82. The van der Waals surface area contributed by atoms with Gasteiger partial charge in [0, 0.05) is 16.6 Å². The molecule has 18 heavy (non-hydrogen) atoms. The number of hydrogen-bond acceptors (Lipinski definition) is 4. The van der Waals surface area contributed by atoms with E-state index in [1.165, 1.54) is 19.2 Å². The molecule has 0 unspecified atom stereocenters. The Morgan fingerprint density at radius 3 is 2.72 bits per heavy atom. The highest BCUT2D eigenvalue weighted by molar-refractivity contribution is 9.10. The van der Waals surface area contributed by atoms with E-state index in [2.05, 4.69) is 20.9 Å². The van der Waals surface area contributed by atoms with Gasteiger partial charge in [-0.1, -0.05) is 15.9 Å².